The van der Waals surface area contributed by atoms with Crippen molar-refractivity contribution in [3.8, 4) is 0 Å². The zero-order chi connectivity index (χ0) is 14.9. The fourth-order valence-corrected chi connectivity index (χ4v) is 3.61. The van der Waals surface area contributed by atoms with E-state index in [-0.39, 0.29) is 0 Å². The van der Waals surface area contributed by atoms with Crippen LogP contribution in [-0.2, 0) is 11.3 Å². The maximum absolute atomic E-state index is 11.7. The summed E-state index contributed by atoms with van der Waals surface area (Å²) in [6.45, 7) is 9.97. The standard InChI is InChI=1S/C17H25NO2/c1-5-17(16(19)20)7-6-8-18(17)11-15-13(3)9-12(2)10-14(15)4/h9-10H,5-8,11H2,1-4H3,(H,19,20). The molecule has 1 aliphatic heterocycles. The van der Waals surface area contributed by atoms with E-state index in [0.29, 0.717) is 6.42 Å². The molecular weight excluding hydrogens is 250 g/mol. The Balaban J connectivity index is 2.32. The Morgan fingerprint density at radius 1 is 1.30 bits per heavy atom. The van der Waals surface area contributed by atoms with Gasteiger partial charge in [-0.2, -0.15) is 0 Å². The van der Waals surface area contributed by atoms with E-state index in [1.54, 1.807) is 0 Å². The number of hydrogen-bond acceptors (Lipinski definition) is 2. The molecule has 1 fully saturated rings. The Bertz CT molecular complexity index is 501. The number of nitrogens with zero attached hydrogens (tertiary/aromatic N) is 1. The minimum absolute atomic E-state index is 0.663. The molecule has 20 heavy (non-hydrogen) atoms. The van der Waals surface area contributed by atoms with E-state index in [1.807, 2.05) is 6.92 Å². The van der Waals surface area contributed by atoms with E-state index >= 15 is 0 Å². The first-order valence-electron chi connectivity index (χ1n) is 7.46. The molecule has 1 aliphatic rings. The lowest BCUT2D eigenvalue weighted by molar-refractivity contribution is -0.150. The molecule has 0 bridgehead atoms. The summed E-state index contributed by atoms with van der Waals surface area (Å²) >= 11 is 0. The van der Waals surface area contributed by atoms with Crippen LogP contribution in [0.25, 0.3) is 0 Å². The lowest BCUT2D eigenvalue weighted by atomic mass is 9.91. The summed E-state index contributed by atoms with van der Waals surface area (Å²) in [5.41, 5.74) is 4.43. The van der Waals surface area contributed by atoms with E-state index in [9.17, 15) is 9.90 Å². The predicted octanol–water partition coefficient (Wildman–Crippen LogP) is 3.44. The molecule has 1 aromatic rings. The molecule has 1 aromatic carbocycles. The molecule has 0 aliphatic carbocycles. The first-order chi connectivity index (χ1) is 9.40. The van der Waals surface area contributed by atoms with Crippen molar-refractivity contribution in [2.45, 2.75) is 59.0 Å². The van der Waals surface area contributed by atoms with E-state index in [1.165, 1.54) is 22.3 Å². The molecular formula is C17H25NO2. The molecule has 0 aromatic heterocycles. The summed E-state index contributed by atoms with van der Waals surface area (Å²) in [7, 11) is 0. The van der Waals surface area contributed by atoms with Gasteiger partial charge in [0.2, 0.25) is 0 Å². The third-order valence-corrected chi connectivity index (χ3v) is 4.80. The fraction of sp³-hybridized carbons (Fsp3) is 0.588. The van der Waals surface area contributed by atoms with E-state index in [2.05, 4.69) is 37.8 Å². The zero-order valence-electron chi connectivity index (χ0n) is 13.0. The van der Waals surface area contributed by atoms with E-state index in [4.69, 9.17) is 0 Å². The second kappa shape index (κ2) is 5.57. The predicted molar refractivity (Wildman–Crippen MR) is 81.0 cm³/mol. The quantitative estimate of drug-likeness (QED) is 0.915. The minimum atomic E-state index is -0.667. The molecule has 1 atom stereocenters. The molecule has 2 rings (SSSR count). The number of hydrogen-bond donors (Lipinski definition) is 1. The van der Waals surface area contributed by atoms with Crippen LogP contribution in [0.1, 0.15) is 48.4 Å². The van der Waals surface area contributed by atoms with E-state index in [0.717, 1.165) is 25.9 Å². The van der Waals surface area contributed by atoms with Gasteiger partial charge in [0.05, 0.1) is 0 Å². The normalized spacial score (nSPS) is 23.2. The Labute approximate surface area is 121 Å². The number of carbonyl (C=O) groups is 1. The summed E-state index contributed by atoms with van der Waals surface area (Å²) in [5, 5.41) is 9.65. The maximum atomic E-state index is 11.7. The number of likely N-dealkylation sites (tertiary alicyclic amines) is 1. The van der Waals surface area contributed by atoms with Crippen LogP contribution in [0, 0.1) is 20.8 Å². The molecule has 1 unspecified atom stereocenters. The largest absolute Gasteiger partial charge is 0.480 e. The Morgan fingerprint density at radius 2 is 1.90 bits per heavy atom. The van der Waals surface area contributed by atoms with Crippen LogP contribution in [0.4, 0.5) is 0 Å². The SMILES string of the molecule is CCC1(C(=O)O)CCCN1Cc1c(C)cc(C)cc1C. The van der Waals surface area contributed by atoms with Gasteiger partial charge in [0.1, 0.15) is 5.54 Å². The molecule has 3 heteroatoms. The number of rotatable bonds is 4. The van der Waals surface area contributed by atoms with Crippen LogP contribution in [0.3, 0.4) is 0 Å². The third kappa shape index (κ3) is 2.47. The smallest absolute Gasteiger partial charge is 0.324 e. The molecule has 110 valence electrons. The van der Waals surface area contributed by atoms with Crippen molar-refractivity contribution in [2.75, 3.05) is 6.54 Å². The van der Waals surface area contributed by atoms with Crippen LogP contribution >= 0.6 is 0 Å². The summed E-state index contributed by atoms with van der Waals surface area (Å²) in [6.07, 6.45) is 2.42. The average molecular weight is 275 g/mol. The van der Waals surface area contributed by atoms with Gasteiger partial charge < -0.3 is 5.11 Å². The van der Waals surface area contributed by atoms with Crippen molar-refractivity contribution in [1.29, 1.82) is 0 Å². The average Bonchev–Trinajstić information content (AvgIpc) is 2.77. The van der Waals surface area contributed by atoms with Gasteiger partial charge in [-0.25, -0.2) is 0 Å². The van der Waals surface area contributed by atoms with Crippen molar-refractivity contribution in [3.05, 3.63) is 34.4 Å². The summed E-state index contributed by atoms with van der Waals surface area (Å²) in [5.74, 6) is -0.667. The Hall–Kier alpha value is -1.35. The molecule has 1 saturated heterocycles. The highest BCUT2D eigenvalue weighted by molar-refractivity contribution is 5.79. The van der Waals surface area contributed by atoms with Gasteiger partial charge in [-0.3, -0.25) is 9.69 Å². The van der Waals surface area contributed by atoms with Gasteiger partial charge in [0.15, 0.2) is 0 Å². The molecule has 1 N–H and O–H groups in total. The second-order valence-electron chi connectivity index (χ2n) is 6.09. The highest BCUT2D eigenvalue weighted by Gasteiger charge is 2.46. The van der Waals surface area contributed by atoms with Crippen molar-refractivity contribution in [2.24, 2.45) is 0 Å². The van der Waals surface area contributed by atoms with Crippen LogP contribution in [0.15, 0.2) is 12.1 Å². The molecule has 0 amide bonds. The maximum Gasteiger partial charge on any atom is 0.324 e. The van der Waals surface area contributed by atoms with Crippen LogP contribution in [0.2, 0.25) is 0 Å². The number of aryl methyl sites for hydroxylation is 3. The van der Waals surface area contributed by atoms with Crippen LogP contribution in [0.5, 0.6) is 0 Å². The van der Waals surface area contributed by atoms with Crippen LogP contribution < -0.4 is 0 Å². The number of benzene rings is 1. The number of carboxylic acid groups (broad SMARTS) is 1. The lowest BCUT2D eigenvalue weighted by Gasteiger charge is -2.34. The van der Waals surface area contributed by atoms with Gasteiger partial charge in [-0.05, 0) is 63.3 Å². The van der Waals surface area contributed by atoms with Crippen molar-refractivity contribution < 1.29 is 9.90 Å². The topological polar surface area (TPSA) is 40.5 Å². The molecule has 1 heterocycles. The number of aliphatic carboxylic acids is 1. The summed E-state index contributed by atoms with van der Waals surface area (Å²) in [4.78, 5) is 13.9. The summed E-state index contributed by atoms with van der Waals surface area (Å²) < 4.78 is 0. The van der Waals surface area contributed by atoms with Gasteiger partial charge >= 0.3 is 5.97 Å². The third-order valence-electron chi connectivity index (χ3n) is 4.80. The minimum Gasteiger partial charge on any atom is -0.480 e. The Kier molecular flexibility index (Phi) is 4.19. The molecule has 0 spiro atoms. The summed E-state index contributed by atoms with van der Waals surface area (Å²) in [6, 6.07) is 4.37. The van der Waals surface area contributed by atoms with Crippen molar-refractivity contribution in [3.63, 3.8) is 0 Å². The highest BCUT2D eigenvalue weighted by Crippen LogP contribution is 2.35. The van der Waals surface area contributed by atoms with Gasteiger partial charge in [-0.1, -0.05) is 24.6 Å². The van der Waals surface area contributed by atoms with E-state index < -0.39 is 11.5 Å². The second-order valence-corrected chi connectivity index (χ2v) is 6.09. The van der Waals surface area contributed by atoms with Crippen molar-refractivity contribution in [1.82, 2.24) is 4.90 Å². The molecule has 3 nitrogen and oxygen atoms in total. The first-order valence-corrected chi connectivity index (χ1v) is 7.46. The van der Waals surface area contributed by atoms with Crippen LogP contribution in [-0.4, -0.2) is 28.1 Å². The Morgan fingerprint density at radius 3 is 2.40 bits per heavy atom. The van der Waals surface area contributed by atoms with Gasteiger partial charge in [0.25, 0.3) is 0 Å². The molecule has 0 radical (unpaired) electrons. The lowest BCUT2D eigenvalue weighted by Crippen LogP contribution is -2.49. The molecule has 0 saturated carbocycles. The number of carboxylic acids is 1. The first kappa shape index (κ1) is 15.0. The van der Waals surface area contributed by atoms with Gasteiger partial charge in [-0.15, -0.1) is 0 Å². The zero-order valence-corrected chi connectivity index (χ0v) is 13.0. The van der Waals surface area contributed by atoms with Crippen molar-refractivity contribution >= 4 is 5.97 Å². The fourth-order valence-electron chi connectivity index (χ4n) is 3.61. The highest BCUT2D eigenvalue weighted by atomic mass is 16.4. The van der Waals surface area contributed by atoms with Gasteiger partial charge in [0, 0.05) is 6.54 Å². The monoisotopic (exact) mass is 275 g/mol.